The van der Waals surface area contributed by atoms with Gasteiger partial charge in [-0.2, -0.15) is 0 Å². The molecular formula is C100H82N2O13. The third kappa shape index (κ3) is 11.7. The van der Waals surface area contributed by atoms with Gasteiger partial charge in [-0.1, -0.05) is 133 Å². The number of carbonyl (C=O) groups excluding carboxylic acids is 6. The molecule has 8 fully saturated rings. The first-order valence-corrected chi connectivity index (χ1v) is 39.6. The van der Waals surface area contributed by atoms with Gasteiger partial charge in [0.25, 0.3) is 23.6 Å². The number of amides is 4. The van der Waals surface area contributed by atoms with Crippen LogP contribution in [0.15, 0.2) is 267 Å². The van der Waals surface area contributed by atoms with Gasteiger partial charge in [0.2, 0.25) is 0 Å². The van der Waals surface area contributed by atoms with Gasteiger partial charge in [-0.05, 0) is 319 Å². The molecule has 8 bridgehead atoms. The Balaban J connectivity index is 0.000000112. The lowest BCUT2D eigenvalue weighted by Gasteiger charge is -2.62. The molecule has 15 nitrogen and oxygen atoms in total. The van der Waals surface area contributed by atoms with Gasteiger partial charge in [-0.25, -0.2) is 9.80 Å². The lowest BCUT2D eigenvalue weighted by atomic mass is 9.42. The monoisotopic (exact) mass is 1520 g/mol. The van der Waals surface area contributed by atoms with Gasteiger partial charge in [0.1, 0.15) is 40.2 Å². The van der Waals surface area contributed by atoms with Crippen molar-refractivity contribution >= 4 is 46.6 Å². The molecule has 10 aliphatic carbocycles. The van der Waals surface area contributed by atoms with Crippen molar-refractivity contribution in [3.05, 3.63) is 361 Å². The number of anilines is 2. The van der Waals surface area contributed by atoms with Crippen LogP contribution in [-0.2, 0) is 21.7 Å². The van der Waals surface area contributed by atoms with Gasteiger partial charge in [-0.15, -0.1) is 0 Å². The average Bonchev–Trinajstić information content (AvgIpc) is 1.19. The maximum absolute atomic E-state index is 13.4. The molecule has 0 saturated heterocycles. The summed E-state index contributed by atoms with van der Waals surface area (Å²) >= 11 is 0. The van der Waals surface area contributed by atoms with Gasteiger partial charge in [-0.3, -0.25) is 28.8 Å². The fourth-order valence-corrected chi connectivity index (χ4v) is 23.0. The van der Waals surface area contributed by atoms with E-state index in [9.17, 15) is 64.5 Å². The molecule has 0 unspecified atom stereocenters. The molecule has 12 aliphatic rings. The van der Waals surface area contributed by atoms with Crippen LogP contribution in [0.5, 0.6) is 40.2 Å². The Morgan fingerprint density at radius 1 is 0.278 bits per heavy atom. The molecule has 0 atom stereocenters. The maximum atomic E-state index is 13.4. The normalized spacial score (nSPS) is 23.1. The van der Waals surface area contributed by atoms with Crippen LogP contribution < -0.4 is 9.80 Å². The van der Waals surface area contributed by atoms with E-state index in [-0.39, 0.29) is 90.3 Å². The van der Waals surface area contributed by atoms with Crippen LogP contribution >= 0.6 is 0 Å². The number of benzene rings is 12. The molecule has 15 heteroatoms. The maximum Gasteiger partial charge on any atom is 0.266 e. The summed E-state index contributed by atoms with van der Waals surface area (Å²) in [5.41, 5.74) is 15.3. The van der Waals surface area contributed by atoms with Crippen molar-refractivity contribution in [2.24, 2.45) is 35.5 Å². The number of fused-ring (bicyclic) bond motifs is 7. The first-order valence-electron chi connectivity index (χ1n) is 39.6. The van der Waals surface area contributed by atoms with Crippen molar-refractivity contribution in [1.29, 1.82) is 0 Å². The summed E-state index contributed by atoms with van der Waals surface area (Å²) in [5.74, 6) is 3.73. The third-order valence-corrected chi connectivity index (χ3v) is 27.1. The fraction of sp³-hybridized carbons (Fsp3) is 0.220. The molecule has 12 aromatic carbocycles. The highest BCUT2D eigenvalue weighted by molar-refractivity contribution is 6.35. The number of hydrogen-bond donors (Lipinski definition) is 7. The van der Waals surface area contributed by atoms with E-state index >= 15 is 0 Å². The van der Waals surface area contributed by atoms with E-state index in [2.05, 4.69) is 72.8 Å². The fourth-order valence-electron chi connectivity index (χ4n) is 23.0. The van der Waals surface area contributed by atoms with Crippen molar-refractivity contribution < 1.29 is 64.5 Å². The highest BCUT2D eigenvalue weighted by atomic mass is 16.3. The summed E-state index contributed by atoms with van der Waals surface area (Å²) in [5, 5.41) is 67.6. The number of aromatic hydroxyl groups is 7. The lowest BCUT2D eigenvalue weighted by Crippen LogP contribution is -2.56. The van der Waals surface area contributed by atoms with Crippen molar-refractivity contribution in [2.75, 3.05) is 9.80 Å². The summed E-state index contributed by atoms with van der Waals surface area (Å²) < 4.78 is 0. The van der Waals surface area contributed by atoms with Crippen LogP contribution in [0.25, 0.3) is 11.1 Å². The first kappa shape index (κ1) is 72.1. The molecule has 12 aromatic rings. The van der Waals surface area contributed by atoms with E-state index < -0.39 is 17.2 Å². The zero-order valence-electron chi connectivity index (χ0n) is 63.1. The van der Waals surface area contributed by atoms with Crippen LogP contribution in [0.3, 0.4) is 0 Å². The minimum atomic E-state index is -0.795. The molecule has 2 heterocycles. The zero-order chi connectivity index (χ0) is 79.1. The zero-order valence-corrected chi connectivity index (χ0v) is 63.1. The predicted molar refractivity (Wildman–Crippen MR) is 437 cm³/mol. The standard InChI is InChI=1S/C42H26N2O5.2C22H24O2.C14H8O4/c1-24-10-20-32-34(22-24)40(48)43(38(32)46)27-15-11-25(12-16-27)42(36-8-4-2-6-30(36)31-7-3-5-9-37(31)42)26-13-17-28(18-14-26)44-39(47)33-21-19-29(45)23-35(33)41(44)49;23-19-5-1-17(2-6-19)21-10-15-9-16(11-21)13-22(12-15,14-21)18-3-7-20(24)8-4-18;23-20-5-1-16(2-6-20)22(17-3-7-21(24)8-4-17)18-10-14-9-15(12-18)13-19(22)11-14;15-7-1-3-9-11(5-7)14(18)10-4-2-8(16)6-12(10)13(9)17/h2-23,45H,1H3;1-8,15-16,23-24H,9-14H2;1-8,14-15,18-19,23-24H,9-13H2;1-6,15-16H. The van der Waals surface area contributed by atoms with Crippen LogP contribution in [0.2, 0.25) is 0 Å². The second kappa shape index (κ2) is 27.3. The van der Waals surface area contributed by atoms with Crippen molar-refractivity contribution in [1.82, 2.24) is 0 Å². The molecule has 7 N–H and O–H groups in total. The molecule has 2 aliphatic heterocycles. The summed E-state index contributed by atoms with van der Waals surface area (Å²) in [6, 6.07) is 80.9. The number of aryl methyl sites for hydroxylation is 1. The summed E-state index contributed by atoms with van der Waals surface area (Å²) in [7, 11) is 0. The number of imide groups is 2. The van der Waals surface area contributed by atoms with E-state index in [0.717, 1.165) is 67.5 Å². The van der Waals surface area contributed by atoms with Crippen molar-refractivity contribution in [3.63, 3.8) is 0 Å². The number of phenolic OH excluding ortho intramolecular Hbond substituents is 7. The van der Waals surface area contributed by atoms with Gasteiger partial charge >= 0.3 is 0 Å². The minimum absolute atomic E-state index is 0.0504. The van der Waals surface area contributed by atoms with Crippen molar-refractivity contribution in [3.8, 4) is 51.4 Å². The molecule has 8 saturated carbocycles. The van der Waals surface area contributed by atoms with Gasteiger partial charge < -0.3 is 35.7 Å². The van der Waals surface area contributed by atoms with Gasteiger partial charge in [0.15, 0.2) is 11.6 Å². The SMILES string of the molecule is Cc1ccc2c(c1)C(=O)N(c1ccc(C3(c4ccc(N5C(=O)c6ccc(O)cc6C5=O)cc4)c4ccccc4-c4ccccc43)cc1)C2=O.O=C1c2ccc(O)cc2C(=O)c2ccc(O)cc21.Oc1ccc(C2(c3ccc(O)cc3)C3CC4CC(C3)CC2C4)cc1.Oc1ccc(C23CC4CC(C2)CC(c2ccc(O)cc2)(C4)C3)cc1. The van der Waals surface area contributed by atoms with E-state index in [1.165, 1.54) is 152 Å². The van der Waals surface area contributed by atoms with Gasteiger partial charge in [0, 0.05) is 27.7 Å². The topological polar surface area (TPSA) is 251 Å². The second-order valence-electron chi connectivity index (χ2n) is 33.6. The lowest BCUT2D eigenvalue weighted by molar-refractivity contribution is -0.0418. The van der Waals surface area contributed by atoms with Crippen LogP contribution in [0.1, 0.15) is 194 Å². The number of ketones is 2. The molecule has 0 aromatic heterocycles. The van der Waals surface area contributed by atoms with E-state index in [0.29, 0.717) is 57.3 Å². The van der Waals surface area contributed by atoms with Crippen LogP contribution in [0, 0.1) is 42.4 Å². The molecule has 0 spiro atoms. The summed E-state index contributed by atoms with van der Waals surface area (Å²) in [4.78, 5) is 80.2. The number of hydrogen-bond acceptors (Lipinski definition) is 13. The largest absolute Gasteiger partial charge is 0.508 e. The molecule has 115 heavy (non-hydrogen) atoms. The Morgan fingerprint density at radius 2 is 0.591 bits per heavy atom. The number of rotatable bonds is 8. The van der Waals surface area contributed by atoms with Crippen LogP contribution in [0.4, 0.5) is 11.4 Å². The Morgan fingerprint density at radius 3 is 0.991 bits per heavy atom. The molecule has 24 rings (SSSR count). The first-order chi connectivity index (χ1) is 55.6. The predicted octanol–water partition coefficient (Wildman–Crippen LogP) is 19.3. The molecule has 570 valence electrons. The Hall–Kier alpha value is -13.1. The Labute approximate surface area is 664 Å². The second-order valence-corrected chi connectivity index (χ2v) is 33.6. The molecule has 4 amide bonds. The van der Waals surface area contributed by atoms with Gasteiger partial charge in [0.05, 0.1) is 39.0 Å². The highest BCUT2D eigenvalue weighted by Crippen LogP contribution is 2.68. The highest BCUT2D eigenvalue weighted by Gasteiger charge is 2.60. The summed E-state index contributed by atoms with van der Waals surface area (Å²) in [6.07, 6.45) is 14.5. The average molecular weight is 1520 g/mol. The Bertz CT molecular complexity index is 5620. The quantitative estimate of drug-likeness (QED) is 0.0700. The van der Waals surface area contributed by atoms with E-state index in [4.69, 9.17) is 0 Å². The van der Waals surface area contributed by atoms with Crippen LogP contribution in [-0.4, -0.2) is 70.9 Å². The number of phenols is 7. The smallest absolute Gasteiger partial charge is 0.266 e. The van der Waals surface area contributed by atoms with Crippen molar-refractivity contribution in [2.45, 2.75) is 99.2 Å². The van der Waals surface area contributed by atoms with E-state index in [1.807, 2.05) is 122 Å². The minimum Gasteiger partial charge on any atom is -0.508 e. The number of carbonyl (C=O) groups is 6. The number of nitrogens with zero attached hydrogens (tertiary/aromatic N) is 2. The van der Waals surface area contributed by atoms with E-state index in [1.54, 1.807) is 24.3 Å². The molecular weight excluding hydrogens is 1440 g/mol. The third-order valence-electron chi connectivity index (χ3n) is 27.1. The summed E-state index contributed by atoms with van der Waals surface area (Å²) in [6.45, 7) is 1.89. The molecule has 0 radical (unpaired) electrons. The Kier molecular flexibility index (Phi) is 17.1.